The summed E-state index contributed by atoms with van der Waals surface area (Å²) in [7, 11) is 0. The number of benzene rings is 1. The second-order valence-corrected chi connectivity index (χ2v) is 4.72. The number of aryl methyl sites for hydroxylation is 1. The van der Waals surface area contributed by atoms with Crippen molar-refractivity contribution in [2.75, 3.05) is 17.9 Å². The number of nitrogen functional groups attached to an aromatic ring is 1. The van der Waals surface area contributed by atoms with E-state index in [2.05, 4.69) is 20.7 Å². The number of hydrazone groups is 1. The number of halogens is 2. The number of hydrogen-bond acceptors (Lipinski definition) is 7. The van der Waals surface area contributed by atoms with Gasteiger partial charge in [-0.2, -0.15) is 5.10 Å². The lowest BCUT2D eigenvalue weighted by Crippen LogP contribution is -2.14. The van der Waals surface area contributed by atoms with Gasteiger partial charge in [0.25, 0.3) is 5.95 Å². The number of rotatable bonds is 6. The van der Waals surface area contributed by atoms with Crippen LogP contribution >= 0.6 is 24.0 Å². The molecule has 0 spiro atoms. The van der Waals surface area contributed by atoms with Crippen LogP contribution in [-0.4, -0.2) is 32.8 Å². The van der Waals surface area contributed by atoms with Gasteiger partial charge in [0.15, 0.2) is 17.3 Å². The maximum atomic E-state index is 9.77. The van der Waals surface area contributed by atoms with E-state index >= 15 is 0 Å². The first kappa shape index (κ1) is 18.9. The highest BCUT2D eigenvalue weighted by molar-refractivity contribution is 6.32. The van der Waals surface area contributed by atoms with Crippen molar-refractivity contribution in [1.29, 1.82) is 0 Å². The Morgan fingerprint density at radius 2 is 2.17 bits per heavy atom. The van der Waals surface area contributed by atoms with Gasteiger partial charge < -0.3 is 15.7 Å². The van der Waals surface area contributed by atoms with Gasteiger partial charge in [-0.1, -0.05) is 18.5 Å². The van der Waals surface area contributed by atoms with Gasteiger partial charge in [0, 0.05) is 6.42 Å². The molecule has 0 amide bonds. The van der Waals surface area contributed by atoms with Crippen LogP contribution in [0.4, 0.5) is 5.95 Å². The highest BCUT2D eigenvalue weighted by atomic mass is 35.5. The third-order valence-electron chi connectivity index (χ3n) is 2.81. The van der Waals surface area contributed by atoms with Gasteiger partial charge in [-0.25, -0.2) is 10.1 Å². The predicted octanol–water partition coefficient (Wildman–Crippen LogP) is 2.18. The van der Waals surface area contributed by atoms with E-state index in [0.29, 0.717) is 36.1 Å². The van der Waals surface area contributed by atoms with Crippen LogP contribution in [0.2, 0.25) is 5.02 Å². The number of aromatic nitrogens is 3. The van der Waals surface area contributed by atoms with E-state index in [1.807, 2.05) is 13.8 Å². The van der Waals surface area contributed by atoms with Crippen molar-refractivity contribution in [1.82, 2.24) is 14.9 Å². The van der Waals surface area contributed by atoms with Gasteiger partial charge in [0.05, 0.1) is 17.8 Å². The Morgan fingerprint density at radius 1 is 1.43 bits per heavy atom. The van der Waals surface area contributed by atoms with Crippen molar-refractivity contribution in [3.63, 3.8) is 0 Å². The molecule has 2 aromatic rings. The van der Waals surface area contributed by atoms with Crippen LogP contribution in [0.25, 0.3) is 0 Å². The Bertz CT molecular complexity index is 689. The summed E-state index contributed by atoms with van der Waals surface area (Å²) in [6.07, 6.45) is 2.17. The lowest BCUT2D eigenvalue weighted by molar-refractivity contribution is 0.318. The van der Waals surface area contributed by atoms with E-state index in [9.17, 15) is 5.11 Å². The van der Waals surface area contributed by atoms with Crippen LogP contribution in [0.1, 0.15) is 25.2 Å². The molecule has 4 N–H and O–H groups in total. The summed E-state index contributed by atoms with van der Waals surface area (Å²) in [5, 5.41) is 21.7. The van der Waals surface area contributed by atoms with Gasteiger partial charge in [-0.3, -0.25) is 0 Å². The van der Waals surface area contributed by atoms with Crippen molar-refractivity contribution in [2.45, 2.75) is 20.3 Å². The maximum absolute atomic E-state index is 9.77. The molecule has 0 bridgehead atoms. The third kappa shape index (κ3) is 4.40. The van der Waals surface area contributed by atoms with Crippen molar-refractivity contribution in [2.24, 2.45) is 5.10 Å². The van der Waals surface area contributed by atoms with Crippen molar-refractivity contribution in [3.8, 4) is 11.5 Å². The zero-order valence-corrected chi connectivity index (χ0v) is 14.2. The van der Waals surface area contributed by atoms with E-state index in [1.165, 1.54) is 10.9 Å². The van der Waals surface area contributed by atoms with E-state index in [4.69, 9.17) is 22.2 Å². The number of nitrogens with two attached hydrogens (primary N) is 1. The minimum Gasteiger partial charge on any atom is -0.503 e. The lowest BCUT2D eigenvalue weighted by atomic mass is 10.2. The Hall–Kier alpha value is -2.19. The van der Waals surface area contributed by atoms with E-state index in [0.717, 1.165) is 0 Å². The molecule has 0 radical (unpaired) electrons. The number of phenols is 1. The standard InChI is InChI=1S/C13H17ClN6O2.ClH/c1-3-11-17-19-13(20(11)15)18-16-7-8-5-9(14)12(21)10(6-8)22-4-2;/h5-7,21H,3-4,15H2,1-2H3,(H,18,19);1H/b16-7+;. The average Bonchev–Trinajstić information content (AvgIpc) is 2.85. The molecule has 0 aliphatic carbocycles. The number of nitrogens with zero attached hydrogens (tertiary/aromatic N) is 4. The molecule has 1 aromatic carbocycles. The zero-order chi connectivity index (χ0) is 16.1. The highest BCUT2D eigenvalue weighted by Gasteiger charge is 2.09. The highest BCUT2D eigenvalue weighted by Crippen LogP contribution is 2.34. The molecule has 0 saturated carbocycles. The fourth-order valence-corrected chi connectivity index (χ4v) is 1.96. The van der Waals surface area contributed by atoms with E-state index in [1.54, 1.807) is 12.1 Å². The van der Waals surface area contributed by atoms with Crippen molar-refractivity contribution >= 4 is 36.2 Å². The number of aromatic hydroxyl groups is 1. The molecule has 0 aliphatic rings. The molecule has 0 fully saturated rings. The second-order valence-electron chi connectivity index (χ2n) is 4.32. The molecule has 0 unspecified atom stereocenters. The summed E-state index contributed by atoms with van der Waals surface area (Å²) < 4.78 is 6.62. The minimum absolute atomic E-state index is 0. The molecule has 2 rings (SSSR count). The Labute approximate surface area is 144 Å². The molecule has 0 saturated heterocycles. The number of anilines is 1. The SMILES string of the molecule is CCOc1cc(/C=N/Nc2nnc(CC)n2N)cc(Cl)c1O.Cl. The number of ether oxygens (including phenoxy) is 1. The summed E-state index contributed by atoms with van der Waals surface area (Å²) in [4.78, 5) is 0. The fourth-order valence-electron chi connectivity index (χ4n) is 1.74. The second kappa shape index (κ2) is 8.44. The first-order valence-corrected chi connectivity index (χ1v) is 7.08. The zero-order valence-electron chi connectivity index (χ0n) is 12.7. The minimum atomic E-state index is -0.0945. The summed E-state index contributed by atoms with van der Waals surface area (Å²) in [6.45, 7) is 4.15. The maximum Gasteiger partial charge on any atom is 0.263 e. The first-order valence-electron chi connectivity index (χ1n) is 6.70. The number of nitrogens with one attached hydrogen (secondary N) is 1. The molecule has 1 heterocycles. The third-order valence-corrected chi connectivity index (χ3v) is 3.10. The van der Waals surface area contributed by atoms with Crippen LogP contribution in [0.15, 0.2) is 17.2 Å². The molecule has 0 aliphatic heterocycles. The summed E-state index contributed by atoms with van der Waals surface area (Å²) >= 11 is 5.94. The molecule has 1 aromatic heterocycles. The Morgan fingerprint density at radius 3 is 2.78 bits per heavy atom. The smallest absolute Gasteiger partial charge is 0.263 e. The molecular formula is C13H18Cl2N6O2. The summed E-state index contributed by atoms with van der Waals surface area (Å²) in [5.74, 6) is 6.95. The van der Waals surface area contributed by atoms with E-state index < -0.39 is 0 Å². The normalized spacial score (nSPS) is 10.6. The Kier molecular flexibility index (Phi) is 6.92. The first-order chi connectivity index (χ1) is 10.6. The van der Waals surface area contributed by atoms with Crippen LogP contribution in [0, 0.1) is 0 Å². The topological polar surface area (TPSA) is 111 Å². The average molecular weight is 361 g/mol. The van der Waals surface area contributed by atoms with Crippen molar-refractivity contribution in [3.05, 3.63) is 28.5 Å². The Balaban J connectivity index is 0.00000264. The fraction of sp³-hybridized carbons (Fsp3) is 0.308. The van der Waals surface area contributed by atoms with Crippen LogP contribution < -0.4 is 16.0 Å². The van der Waals surface area contributed by atoms with Gasteiger partial charge >= 0.3 is 0 Å². The van der Waals surface area contributed by atoms with E-state index in [-0.39, 0.29) is 23.2 Å². The monoisotopic (exact) mass is 360 g/mol. The van der Waals surface area contributed by atoms with Gasteiger partial charge in [0.1, 0.15) is 0 Å². The molecule has 10 heteroatoms. The largest absolute Gasteiger partial charge is 0.503 e. The van der Waals surface area contributed by atoms with Gasteiger partial charge in [-0.15, -0.1) is 22.6 Å². The lowest BCUT2D eigenvalue weighted by Gasteiger charge is -2.08. The number of phenolic OH excluding ortho intramolecular Hbond substituents is 1. The molecule has 0 atom stereocenters. The van der Waals surface area contributed by atoms with Crippen molar-refractivity contribution < 1.29 is 9.84 Å². The van der Waals surface area contributed by atoms with Crippen LogP contribution in [0.3, 0.4) is 0 Å². The molecular weight excluding hydrogens is 343 g/mol. The van der Waals surface area contributed by atoms with Crippen LogP contribution in [-0.2, 0) is 6.42 Å². The number of hydrogen-bond donors (Lipinski definition) is 3. The molecule has 126 valence electrons. The quantitative estimate of drug-likeness (QED) is 0.413. The van der Waals surface area contributed by atoms with Crippen LogP contribution in [0.5, 0.6) is 11.5 Å². The summed E-state index contributed by atoms with van der Waals surface area (Å²) in [6, 6.07) is 3.19. The summed E-state index contributed by atoms with van der Waals surface area (Å²) in [5.41, 5.74) is 3.34. The van der Waals surface area contributed by atoms with Gasteiger partial charge in [0.2, 0.25) is 0 Å². The predicted molar refractivity (Wildman–Crippen MR) is 92.3 cm³/mol. The molecule has 8 nitrogen and oxygen atoms in total. The van der Waals surface area contributed by atoms with Gasteiger partial charge in [-0.05, 0) is 24.6 Å². The molecule has 23 heavy (non-hydrogen) atoms.